The zero-order valence-corrected chi connectivity index (χ0v) is 31.9. The highest BCUT2D eigenvalue weighted by atomic mass is 35.5. The standard InChI is InChI=1S/C40H50ClN3O8/c1-38(2,3)51-37(46)39(4,5)52-43-34(36(45)42-26-40-18-21-44(22-19-40)23-20-40)31-16-17-32(49-24-27-8-12-29(47-6)13-9-27)35(33(31)41)50-25-28-10-14-30(48-7)15-11-28/h8-17H,18-26H2,1-7H3,(H,42,45)/b43-34-. The minimum atomic E-state index is -1.52. The van der Waals surface area contributed by atoms with Crippen LogP contribution in [0.15, 0.2) is 65.8 Å². The molecule has 0 spiro atoms. The molecule has 3 aliphatic heterocycles. The van der Waals surface area contributed by atoms with Crippen LogP contribution < -0.4 is 24.3 Å². The van der Waals surface area contributed by atoms with Crippen LogP contribution in [0.2, 0.25) is 5.02 Å². The van der Waals surface area contributed by atoms with Gasteiger partial charge < -0.3 is 38.7 Å². The van der Waals surface area contributed by atoms with Crippen molar-refractivity contribution in [3.05, 3.63) is 82.4 Å². The number of methoxy groups -OCH3 is 2. The van der Waals surface area contributed by atoms with E-state index >= 15 is 0 Å². The number of benzene rings is 3. The molecule has 3 aromatic rings. The number of amides is 1. The predicted octanol–water partition coefficient (Wildman–Crippen LogP) is 6.96. The molecule has 3 heterocycles. The van der Waals surface area contributed by atoms with Gasteiger partial charge in [-0.05, 0) is 126 Å². The van der Waals surface area contributed by atoms with E-state index in [-0.39, 0.29) is 40.7 Å². The Morgan fingerprint density at radius 1 is 0.808 bits per heavy atom. The zero-order valence-electron chi connectivity index (χ0n) is 31.2. The number of hydrogen-bond donors (Lipinski definition) is 1. The lowest BCUT2D eigenvalue weighted by atomic mass is 9.72. The molecule has 2 bridgehead atoms. The van der Waals surface area contributed by atoms with Crippen molar-refractivity contribution in [1.29, 1.82) is 0 Å². The third-order valence-electron chi connectivity index (χ3n) is 9.38. The van der Waals surface area contributed by atoms with Crippen molar-refractivity contribution in [3.8, 4) is 23.0 Å². The fourth-order valence-electron chi connectivity index (χ4n) is 6.05. The van der Waals surface area contributed by atoms with E-state index < -0.39 is 23.1 Å². The van der Waals surface area contributed by atoms with Gasteiger partial charge in [-0.3, -0.25) is 4.79 Å². The Labute approximate surface area is 311 Å². The maximum absolute atomic E-state index is 14.1. The number of ether oxygens (including phenoxy) is 5. The molecule has 1 amide bonds. The van der Waals surface area contributed by atoms with E-state index in [2.05, 4.69) is 15.4 Å². The van der Waals surface area contributed by atoms with E-state index in [1.807, 2.05) is 48.5 Å². The second-order valence-electron chi connectivity index (χ2n) is 14.8. The Kier molecular flexibility index (Phi) is 12.3. The highest BCUT2D eigenvalue weighted by Crippen LogP contribution is 2.41. The monoisotopic (exact) mass is 735 g/mol. The highest BCUT2D eigenvalue weighted by molar-refractivity contribution is 6.49. The van der Waals surface area contributed by atoms with Crippen LogP contribution in [-0.2, 0) is 32.4 Å². The molecule has 3 aromatic carbocycles. The Morgan fingerprint density at radius 3 is 1.87 bits per heavy atom. The van der Waals surface area contributed by atoms with Gasteiger partial charge in [0.2, 0.25) is 5.60 Å². The summed E-state index contributed by atoms with van der Waals surface area (Å²) in [5, 5.41) is 7.52. The highest BCUT2D eigenvalue weighted by Gasteiger charge is 2.40. The third kappa shape index (κ3) is 9.89. The number of esters is 1. The van der Waals surface area contributed by atoms with Gasteiger partial charge in [-0.1, -0.05) is 41.0 Å². The summed E-state index contributed by atoms with van der Waals surface area (Å²) in [4.78, 5) is 35.5. The van der Waals surface area contributed by atoms with E-state index in [0.717, 1.165) is 55.8 Å². The summed E-state index contributed by atoms with van der Waals surface area (Å²) >= 11 is 7.14. The number of nitrogens with zero attached hydrogens (tertiary/aromatic N) is 2. The SMILES string of the molecule is COc1ccc(COc2ccc(/C(=N/OC(C)(C)C(=O)OC(C)(C)C)C(=O)NCC34CCN(CC3)CC4)c(Cl)c2OCc2ccc(OC)cc2)cc1. The molecule has 11 nitrogen and oxygen atoms in total. The Balaban J connectivity index is 1.48. The van der Waals surface area contributed by atoms with Gasteiger partial charge in [-0.15, -0.1) is 0 Å². The van der Waals surface area contributed by atoms with E-state index in [9.17, 15) is 9.59 Å². The molecule has 12 heteroatoms. The van der Waals surface area contributed by atoms with Gasteiger partial charge in [0.15, 0.2) is 17.2 Å². The molecular formula is C40H50ClN3O8. The summed E-state index contributed by atoms with van der Waals surface area (Å²) in [7, 11) is 3.22. The van der Waals surface area contributed by atoms with Gasteiger partial charge in [0.1, 0.15) is 30.3 Å². The molecule has 0 unspecified atom stereocenters. The summed E-state index contributed by atoms with van der Waals surface area (Å²) in [6.45, 7) is 12.3. The fourth-order valence-corrected chi connectivity index (χ4v) is 6.35. The largest absolute Gasteiger partial charge is 0.497 e. The minimum Gasteiger partial charge on any atom is -0.497 e. The fraction of sp³-hybridized carbons (Fsp3) is 0.475. The number of nitrogens with one attached hydrogen (secondary N) is 1. The molecule has 0 aliphatic carbocycles. The minimum absolute atomic E-state index is 0.0156. The van der Waals surface area contributed by atoms with Crippen molar-refractivity contribution >= 4 is 29.2 Å². The first-order chi connectivity index (χ1) is 24.7. The predicted molar refractivity (Wildman–Crippen MR) is 199 cm³/mol. The van der Waals surface area contributed by atoms with Crippen LogP contribution in [0.1, 0.15) is 70.6 Å². The second-order valence-corrected chi connectivity index (χ2v) is 15.2. The first kappa shape index (κ1) is 38.7. The Bertz CT molecular complexity index is 1710. The molecule has 6 rings (SSSR count). The number of rotatable bonds is 15. The number of carbonyl (C=O) groups excluding carboxylic acids is 2. The van der Waals surface area contributed by atoms with E-state index in [1.54, 1.807) is 47.1 Å². The average Bonchev–Trinajstić information content (AvgIpc) is 3.14. The molecule has 0 radical (unpaired) electrons. The van der Waals surface area contributed by atoms with Crippen molar-refractivity contribution in [2.24, 2.45) is 10.6 Å². The van der Waals surface area contributed by atoms with Crippen molar-refractivity contribution in [2.45, 2.75) is 78.3 Å². The lowest BCUT2D eigenvalue weighted by Crippen LogP contribution is -2.53. The second kappa shape index (κ2) is 16.5. The normalized spacial score (nSPS) is 18.7. The first-order valence-electron chi connectivity index (χ1n) is 17.6. The van der Waals surface area contributed by atoms with Crippen LogP contribution in [0.3, 0.4) is 0 Å². The lowest BCUT2D eigenvalue weighted by molar-refractivity contribution is -0.179. The molecule has 52 heavy (non-hydrogen) atoms. The molecule has 3 fully saturated rings. The van der Waals surface area contributed by atoms with Crippen LogP contribution in [-0.4, -0.2) is 74.1 Å². The van der Waals surface area contributed by atoms with Crippen molar-refractivity contribution in [1.82, 2.24) is 10.2 Å². The lowest BCUT2D eigenvalue weighted by Gasteiger charge is -2.48. The maximum Gasteiger partial charge on any atom is 0.353 e. The van der Waals surface area contributed by atoms with Crippen molar-refractivity contribution < 1.29 is 38.1 Å². The van der Waals surface area contributed by atoms with Gasteiger partial charge in [-0.2, -0.15) is 0 Å². The summed E-state index contributed by atoms with van der Waals surface area (Å²) in [6, 6.07) is 18.3. The summed E-state index contributed by atoms with van der Waals surface area (Å²) in [6.07, 6.45) is 3.02. The van der Waals surface area contributed by atoms with E-state index in [4.69, 9.17) is 40.1 Å². The van der Waals surface area contributed by atoms with E-state index in [1.165, 1.54) is 13.8 Å². The van der Waals surface area contributed by atoms with E-state index in [0.29, 0.717) is 18.0 Å². The van der Waals surface area contributed by atoms with Crippen LogP contribution >= 0.6 is 11.6 Å². The van der Waals surface area contributed by atoms with Crippen molar-refractivity contribution in [2.75, 3.05) is 40.4 Å². The Hall–Kier alpha value is -4.48. The molecule has 280 valence electrons. The van der Waals surface area contributed by atoms with Crippen LogP contribution in [0.5, 0.6) is 23.0 Å². The molecule has 3 aliphatic rings. The van der Waals surface area contributed by atoms with Gasteiger partial charge in [0.05, 0.1) is 19.2 Å². The van der Waals surface area contributed by atoms with Crippen LogP contribution in [0.25, 0.3) is 0 Å². The smallest absolute Gasteiger partial charge is 0.353 e. The Morgan fingerprint density at radius 2 is 1.35 bits per heavy atom. The van der Waals surface area contributed by atoms with Gasteiger partial charge in [0.25, 0.3) is 5.91 Å². The number of fused-ring (bicyclic) bond motifs is 3. The quantitative estimate of drug-likeness (QED) is 0.100. The topological polar surface area (TPSA) is 117 Å². The van der Waals surface area contributed by atoms with Crippen molar-refractivity contribution in [3.63, 3.8) is 0 Å². The molecule has 3 saturated heterocycles. The number of halogens is 1. The molecule has 1 N–H and O–H groups in total. The number of carbonyl (C=O) groups is 2. The van der Waals surface area contributed by atoms with Gasteiger partial charge in [-0.25, -0.2) is 4.79 Å². The van der Waals surface area contributed by atoms with Gasteiger partial charge >= 0.3 is 5.97 Å². The number of hydrogen-bond acceptors (Lipinski definition) is 10. The number of piperidine rings is 3. The average molecular weight is 736 g/mol. The first-order valence-corrected chi connectivity index (χ1v) is 17.9. The molecule has 0 atom stereocenters. The zero-order chi connectivity index (χ0) is 37.5. The van der Waals surface area contributed by atoms with Gasteiger partial charge in [0, 0.05) is 12.1 Å². The summed E-state index contributed by atoms with van der Waals surface area (Å²) < 4.78 is 28.7. The summed E-state index contributed by atoms with van der Waals surface area (Å²) in [5.41, 5.74) is -0.363. The molecule has 0 aromatic heterocycles. The maximum atomic E-state index is 14.1. The summed E-state index contributed by atoms with van der Waals surface area (Å²) in [5.74, 6) is 0.905. The number of oxime groups is 1. The van der Waals surface area contributed by atoms with Crippen LogP contribution in [0.4, 0.5) is 0 Å². The molecule has 0 saturated carbocycles. The molecular weight excluding hydrogens is 686 g/mol. The van der Waals surface area contributed by atoms with Crippen LogP contribution in [0, 0.1) is 5.41 Å². The third-order valence-corrected chi connectivity index (χ3v) is 9.76.